The molecule has 0 aliphatic rings. The van der Waals surface area contributed by atoms with E-state index in [2.05, 4.69) is 32.6 Å². The van der Waals surface area contributed by atoms with Crippen molar-refractivity contribution >= 4 is 0 Å². The first-order chi connectivity index (χ1) is 7.03. The maximum atomic E-state index is 5.36. The Bertz CT molecular complexity index is 348. The molecule has 0 aliphatic carbocycles. The van der Waals surface area contributed by atoms with Crippen LogP contribution in [0, 0.1) is 17.3 Å². The number of ether oxygens (including phenoxy) is 1. The van der Waals surface area contributed by atoms with Crippen LogP contribution in [0.25, 0.3) is 0 Å². The minimum Gasteiger partial charge on any atom is -0.364 e. The Morgan fingerprint density at radius 1 is 1.13 bits per heavy atom. The molecule has 1 atom stereocenters. The summed E-state index contributed by atoms with van der Waals surface area (Å²) in [6, 6.07) is 10.1. The standard InChI is InChI=1S/C14H18O/c1-14(2,3)11-10-13(15-4)12-8-6-5-7-9-12/h5-9,13H,1-4H3. The molecule has 1 heteroatoms. The van der Waals surface area contributed by atoms with E-state index in [1.165, 1.54) is 0 Å². The predicted molar refractivity (Wildman–Crippen MR) is 63.4 cm³/mol. The molecule has 0 amide bonds. The van der Waals surface area contributed by atoms with Crippen LogP contribution in [-0.4, -0.2) is 7.11 Å². The van der Waals surface area contributed by atoms with Gasteiger partial charge in [-0.2, -0.15) is 0 Å². The van der Waals surface area contributed by atoms with Gasteiger partial charge in [0.05, 0.1) is 0 Å². The molecule has 0 heterocycles. The average Bonchev–Trinajstić information content (AvgIpc) is 2.19. The zero-order valence-corrected chi connectivity index (χ0v) is 9.87. The highest BCUT2D eigenvalue weighted by Gasteiger charge is 2.08. The lowest BCUT2D eigenvalue weighted by atomic mass is 9.97. The Morgan fingerprint density at radius 2 is 1.73 bits per heavy atom. The van der Waals surface area contributed by atoms with Crippen molar-refractivity contribution in [3.05, 3.63) is 35.9 Å². The van der Waals surface area contributed by atoms with Gasteiger partial charge >= 0.3 is 0 Å². The third kappa shape index (κ3) is 4.18. The fraction of sp³-hybridized carbons (Fsp3) is 0.429. The van der Waals surface area contributed by atoms with Crippen molar-refractivity contribution < 1.29 is 4.74 Å². The molecule has 15 heavy (non-hydrogen) atoms. The van der Waals surface area contributed by atoms with E-state index < -0.39 is 0 Å². The van der Waals surface area contributed by atoms with Gasteiger partial charge in [-0.05, 0) is 26.3 Å². The van der Waals surface area contributed by atoms with Crippen LogP contribution in [0.2, 0.25) is 0 Å². The van der Waals surface area contributed by atoms with Gasteiger partial charge in [-0.15, -0.1) is 0 Å². The summed E-state index contributed by atoms with van der Waals surface area (Å²) in [4.78, 5) is 0. The second-order valence-electron chi connectivity index (χ2n) is 4.55. The van der Waals surface area contributed by atoms with Crippen molar-refractivity contribution in [3.63, 3.8) is 0 Å². The van der Waals surface area contributed by atoms with E-state index >= 15 is 0 Å². The number of methoxy groups -OCH3 is 1. The van der Waals surface area contributed by atoms with Crippen LogP contribution >= 0.6 is 0 Å². The largest absolute Gasteiger partial charge is 0.364 e. The molecule has 1 nitrogen and oxygen atoms in total. The molecule has 0 spiro atoms. The van der Waals surface area contributed by atoms with Crippen LogP contribution in [0.4, 0.5) is 0 Å². The number of rotatable bonds is 2. The van der Waals surface area contributed by atoms with Crippen molar-refractivity contribution in [1.29, 1.82) is 0 Å². The van der Waals surface area contributed by atoms with E-state index in [-0.39, 0.29) is 11.5 Å². The van der Waals surface area contributed by atoms with Crippen molar-refractivity contribution in [2.45, 2.75) is 26.9 Å². The predicted octanol–water partition coefficient (Wildman–Crippen LogP) is 3.42. The summed E-state index contributed by atoms with van der Waals surface area (Å²) in [7, 11) is 1.69. The van der Waals surface area contributed by atoms with E-state index in [4.69, 9.17) is 4.74 Å². The first-order valence-corrected chi connectivity index (χ1v) is 5.13. The molecular formula is C14H18O. The second-order valence-corrected chi connectivity index (χ2v) is 4.55. The summed E-state index contributed by atoms with van der Waals surface area (Å²) in [5.74, 6) is 6.35. The summed E-state index contributed by atoms with van der Waals surface area (Å²) in [5, 5.41) is 0. The van der Waals surface area contributed by atoms with Crippen LogP contribution in [0.3, 0.4) is 0 Å². The van der Waals surface area contributed by atoms with Gasteiger partial charge in [0.2, 0.25) is 0 Å². The highest BCUT2D eigenvalue weighted by atomic mass is 16.5. The molecule has 80 valence electrons. The zero-order chi connectivity index (χ0) is 11.3. The summed E-state index contributed by atoms with van der Waals surface area (Å²) in [6.07, 6.45) is -0.120. The summed E-state index contributed by atoms with van der Waals surface area (Å²) in [6.45, 7) is 6.28. The smallest absolute Gasteiger partial charge is 0.143 e. The van der Waals surface area contributed by atoms with Gasteiger partial charge in [0, 0.05) is 12.5 Å². The monoisotopic (exact) mass is 202 g/mol. The first kappa shape index (κ1) is 11.8. The minimum atomic E-state index is -0.120. The molecule has 0 saturated heterocycles. The topological polar surface area (TPSA) is 9.23 Å². The summed E-state index contributed by atoms with van der Waals surface area (Å²) in [5.41, 5.74) is 1.13. The van der Waals surface area contributed by atoms with Crippen LogP contribution in [0.5, 0.6) is 0 Å². The number of benzene rings is 1. The number of hydrogen-bond acceptors (Lipinski definition) is 1. The third-order valence-electron chi connectivity index (χ3n) is 1.92. The van der Waals surface area contributed by atoms with E-state index in [0.29, 0.717) is 0 Å². The Morgan fingerprint density at radius 3 is 2.20 bits per heavy atom. The Labute approximate surface area is 92.5 Å². The fourth-order valence-electron chi connectivity index (χ4n) is 1.19. The van der Waals surface area contributed by atoms with Gasteiger partial charge in [-0.1, -0.05) is 42.2 Å². The molecule has 0 saturated carbocycles. The molecule has 1 rings (SSSR count). The third-order valence-corrected chi connectivity index (χ3v) is 1.92. The van der Waals surface area contributed by atoms with Gasteiger partial charge in [-0.3, -0.25) is 0 Å². The van der Waals surface area contributed by atoms with E-state index in [1.807, 2.05) is 30.3 Å². The molecule has 1 aromatic carbocycles. The Balaban J connectivity index is 2.85. The average molecular weight is 202 g/mol. The summed E-state index contributed by atoms with van der Waals surface area (Å²) >= 11 is 0. The lowest BCUT2D eigenvalue weighted by Gasteiger charge is -2.11. The lowest BCUT2D eigenvalue weighted by molar-refractivity contribution is 0.150. The van der Waals surface area contributed by atoms with E-state index in [1.54, 1.807) is 7.11 Å². The van der Waals surface area contributed by atoms with Gasteiger partial charge in [0.15, 0.2) is 0 Å². The van der Waals surface area contributed by atoms with Gasteiger partial charge in [0.25, 0.3) is 0 Å². The van der Waals surface area contributed by atoms with Crippen molar-refractivity contribution in [3.8, 4) is 11.8 Å². The Hall–Kier alpha value is -1.26. The lowest BCUT2D eigenvalue weighted by Crippen LogP contribution is -2.03. The quantitative estimate of drug-likeness (QED) is 0.668. The Kier molecular flexibility index (Phi) is 3.94. The van der Waals surface area contributed by atoms with E-state index in [0.717, 1.165) is 5.56 Å². The SMILES string of the molecule is COC(C#CC(C)(C)C)c1ccccc1. The van der Waals surface area contributed by atoms with Crippen molar-refractivity contribution in [1.82, 2.24) is 0 Å². The highest BCUT2D eigenvalue weighted by molar-refractivity contribution is 5.26. The molecule has 0 bridgehead atoms. The molecule has 1 aromatic rings. The zero-order valence-electron chi connectivity index (χ0n) is 9.87. The molecule has 0 fully saturated rings. The van der Waals surface area contributed by atoms with Crippen LogP contribution < -0.4 is 0 Å². The van der Waals surface area contributed by atoms with E-state index in [9.17, 15) is 0 Å². The molecule has 0 aromatic heterocycles. The highest BCUT2D eigenvalue weighted by Crippen LogP contribution is 2.17. The van der Waals surface area contributed by atoms with Crippen molar-refractivity contribution in [2.24, 2.45) is 5.41 Å². The molecule has 0 N–H and O–H groups in total. The molecular weight excluding hydrogens is 184 g/mol. The first-order valence-electron chi connectivity index (χ1n) is 5.13. The maximum absolute atomic E-state index is 5.36. The van der Waals surface area contributed by atoms with Crippen LogP contribution in [0.1, 0.15) is 32.4 Å². The minimum absolute atomic E-state index is 0.0194. The second kappa shape index (κ2) is 5.00. The fourth-order valence-corrected chi connectivity index (χ4v) is 1.19. The van der Waals surface area contributed by atoms with Crippen LogP contribution in [0.15, 0.2) is 30.3 Å². The molecule has 1 unspecified atom stereocenters. The van der Waals surface area contributed by atoms with Gasteiger partial charge in [-0.25, -0.2) is 0 Å². The number of hydrogen-bond donors (Lipinski definition) is 0. The maximum Gasteiger partial charge on any atom is 0.143 e. The van der Waals surface area contributed by atoms with Crippen LogP contribution in [-0.2, 0) is 4.74 Å². The van der Waals surface area contributed by atoms with Gasteiger partial charge < -0.3 is 4.74 Å². The van der Waals surface area contributed by atoms with Crippen molar-refractivity contribution in [2.75, 3.05) is 7.11 Å². The van der Waals surface area contributed by atoms with Gasteiger partial charge in [0.1, 0.15) is 6.10 Å². The summed E-state index contributed by atoms with van der Waals surface area (Å²) < 4.78 is 5.36. The molecule has 0 aliphatic heterocycles. The molecule has 0 radical (unpaired) electrons. The normalized spacial score (nSPS) is 12.8.